The van der Waals surface area contributed by atoms with Gasteiger partial charge in [0.2, 0.25) is 0 Å². The van der Waals surface area contributed by atoms with Crippen LogP contribution in [0.4, 0.5) is 14.5 Å². The van der Waals surface area contributed by atoms with Crippen LogP contribution in [0.1, 0.15) is 0 Å². The van der Waals surface area contributed by atoms with E-state index in [4.69, 9.17) is 0 Å². The van der Waals surface area contributed by atoms with Gasteiger partial charge in [-0.1, -0.05) is 18.2 Å². The maximum absolute atomic E-state index is 15.9. The Labute approximate surface area is 197 Å². The number of anilines is 1. The molecular weight excluding hydrogens is 450 g/mol. The van der Waals surface area contributed by atoms with E-state index < -0.39 is 5.82 Å². The number of aromatic nitrogens is 7. The number of halogens is 2. The van der Waals surface area contributed by atoms with Crippen LogP contribution >= 0.6 is 0 Å². The minimum atomic E-state index is -0.545. The number of rotatable bonds is 4. The van der Waals surface area contributed by atoms with E-state index in [-0.39, 0.29) is 22.6 Å². The van der Waals surface area contributed by atoms with Crippen molar-refractivity contribution >= 4 is 27.6 Å². The Bertz CT molecular complexity index is 1720. The highest BCUT2D eigenvalue weighted by molar-refractivity contribution is 5.97. The second-order valence-electron chi connectivity index (χ2n) is 8.26. The maximum atomic E-state index is 15.9. The zero-order valence-corrected chi connectivity index (χ0v) is 18.7. The molecule has 0 radical (unpaired) electrons. The predicted molar refractivity (Wildman–Crippen MR) is 130 cm³/mol. The SMILES string of the molecule is CN(C)c1cncc(-c2ncc3[nH]nc(-c4nc5c(-c6ccccc6F)cncc5[nH]4)c3c2F)c1. The van der Waals surface area contributed by atoms with Crippen LogP contribution in [-0.4, -0.2) is 49.2 Å². The van der Waals surface area contributed by atoms with E-state index >= 15 is 4.39 Å². The molecule has 6 rings (SSSR count). The number of H-pyrrole nitrogens is 2. The summed E-state index contributed by atoms with van der Waals surface area (Å²) in [5.74, 6) is -0.600. The third-order valence-corrected chi connectivity index (χ3v) is 5.84. The van der Waals surface area contributed by atoms with Crippen LogP contribution in [0.2, 0.25) is 0 Å². The topological polar surface area (TPSA) is 99.3 Å². The monoisotopic (exact) mass is 468 g/mol. The summed E-state index contributed by atoms with van der Waals surface area (Å²) >= 11 is 0. The zero-order valence-electron chi connectivity index (χ0n) is 18.7. The number of nitrogens with one attached hydrogen (secondary N) is 2. The predicted octanol–water partition coefficient (Wildman–Crippen LogP) is 4.97. The molecule has 5 aromatic heterocycles. The number of pyridine rings is 3. The number of aromatic amines is 2. The van der Waals surface area contributed by atoms with Gasteiger partial charge in [-0.2, -0.15) is 5.10 Å². The molecule has 172 valence electrons. The Hall–Kier alpha value is -4.73. The standard InChI is InChI=1S/C25H18F2N8/c1-35(2)14-7-13(8-28-9-14)22-21(27)20-18(12-30-22)33-34-24(20)25-31-19-11-29-10-16(23(19)32-25)15-5-3-4-6-17(15)26/h3-12H,1-2H3,(H,31,32)(H,33,34). The molecule has 0 atom stereocenters. The van der Waals surface area contributed by atoms with E-state index in [1.54, 1.807) is 43.0 Å². The van der Waals surface area contributed by atoms with Crippen LogP contribution in [0.15, 0.2) is 61.3 Å². The molecule has 0 saturated carbocycles. The van der Waals surface area contributed by atoms with Crippen LogP contribution in [0.3, 0.4) is 0 Å². The van der Waals surface area contributed by atoms with Gasteiger partial charge in [0, 0.05) is 43.2 Å². The number of nitrogens with zero attached hydrogens (tertiary/aromatic N) is 6. The molecule has 0 saturated heterocycles. The van der Waals surface area contributed by atoms with E-state index in [0.29, 0.717) is 39.1 Å². The molecule has 6 aromatic rings. The molecule has 0 aliphatic rings. The van der Waals surface area contributed by atoms with Crippen LogP contribution in [0, 0.1) is 11.6 Å². The maximum Gasteiger partial charge on any atom is 0.161 e. The first-order chi connectivity index (χ1) is 17.0. The van der Waals surface area contributed by atoms with Crippen LogP contribution in [-0.2, 0) is 0 Å². The zero-order chi connectivity index (χ0) is 24.1. The lowest BCUT2D eigenvalue weighted by atomic mass is 10.1. The number of hydrogen-bond donors (Lipinski definition) is 2. The van der Waals surface area contributed by atoms with E-state index in [1.165, 1.54) is 12.3 Å². The first-order valence-corrected chi connectivity index (χ1v) is 10.8. The van der Waals surface area contributed by atoms with Gasteiger partial charge in [-0.05, 0) is 12.1 Å². The summed E-state index contributed by atoms with van der Waals surface area (Å²) in [6.07, 6.45) is 7.94. The molecular formula is C25H18F2N8. The minimum Gasteiger partial charge on any atom is -0.376 e. The highest BCUT2D eigenvalue weighted by Crippen LogP contribution is 2.35. The van der Waals surface area contributed by atoms with Gasteiger partial charge in [0.25, 0.3) is 0 Å². The van der Waals surface area contributed by atoms with Crippen molar-refractivity contribution in [3.05, 3.63) is 73.0 Å². The summed E-state index contributed by atoms with van der Waals surface area (Å²) in [5.41, 5.74) is 4.21. The van der Waals surface area contributed by atoms with Crippen molar-refractivity contribution in [2.45, 2.75) is 0 Å². The van der Waals surface area contributed by atoms with Gasteiger partial charge >= 0.3 is 0 Å². The molecule has 35 heavy (non-hydrogen) atoms. The molecule has 1 aromatic carbocycles. The lowest BCUT2D eigenvalue weighted by Crippen LogP contribution is -2.09. The average Bonchev–Trinajstić information content (AvgIpc) is 3.49. The smallest absolute Gasteiger partial charge is 0.161 e. The number of benzene rings is 1. The Kier molecular flexibility index (Phi) is 4.73. The Morgan fingerprint density at radius 1 is 0.857 bits per heavy atom. The van der Waals surface area contributed by atoms with Crippen molar-refractivity contribution in [3.8, 4) is 33.9 Å². The third kappa shape index (κ3) is 3.38. The minimum absolute atomic E-state index is 0.154. The van der Waals surface area contributed by atoms with Crippen molar-refractivity contribution in [1.29, 1.82) is 0 Å². The van der Waals surface area contributed by atoms with Crippen molar-refractivity contribution in [2.24, 2.45) is 0 Å². The summed E-state index contributed by atoms with van der Waals surface area (Å²) in [7, 11) is 3.77. The normalized spacial score (nSPS) is 11.4. The summed E-state index contributed by atoms with van der Waals surface area (Å²) < 4.78 is 30.3. The fourth-order valence-electron chi connectivity index (χ4n) is 4.07. The number of fused-ring (bicyclic) bond motifs is 2. The van der Waals surface area contributed by atoms with Gasteiger partial charge in [-0.3, -0.25) is 20.1 Å². The number of imidazole rings is 1. The Morgan fingerprint density at radius 3 is 2.51 bits per heavy atom. The third-order valence-electron chi connectivity index (χ3n) is 5.84. The Morgan fingerprint density at radius 2 is 1.69 bits per heavy atom. The Balaban J connectivity index is 1.53. The van der Waals surface area contributed by atoms with Crippen LogP contribution in [0.5, 0.6) is 0 Å². The largest absolute Gasteiger partial charge is 0.376 e. The molecule has 0 spiro atoms. The van der Waals surface area contributed by atoms with E-state index in [9.17, 15) is 4.39 Å². The number of hydrogen-bond acceptors (Lipinski definition) is 6. The second-order valence-corrected chi connectivity index (χ2v) is 8.26. The van der Waals surface area contributed by atoms with Gasteiger partial charge in [0.15, 0.2) is 11.6 Å². The molecule has 0 unspecified atom stereocenters. The van der Waals surface area contributed by atoms with Gasteiger partial charge in [0.1, 0.15) is 22.7 Å². The lowest BCUT2D eigenvalue weighted by molar-refractivity contribution is 0.631. The molecule has 0 aliphatic carbocycles. The van der Waals surface area contributed by atoms with E-state index in [2.05, 4.69) is 35.1 Å². The molecule has 0 amide bonds. The lowest BCUT2D eigenvalue weighted by Gasteiger charge is -2.13. The summed E-state index contributed by atoms with van der Waals surface area (Å²) in [4.78, 5) is 22.4. The van der Waals surface area contributed by atoms with E-state index in [1.807, 2.05) is 25.1 Å². The average molecular weight is 468 g/mol. The van der Waals surface area contributed by atoms with Crippen molar-refractivity contribution in [1.82, 2.24) is 35.1 Å². The highest BCUT2D eigenvalue weighted by Gasteiger charge is 2.22. The molecule has 2 N–H and O–H groups in total. The van der Waals surface area contributed by atoms with Crippen molar-refractivity contribution in [2.75, 3.05) is 19.0 Å². The molecule has 0 bridgehead atoms. The van der Waals surface area contributed by atoms with Gasteiger partial charge in [-0.15, -0.1) is 0 Å². The first-order valence-electron chi connectivity index (χ1n) is 10.8. The second kappa shape index (κ2) is 7.94. The van der Waals surface area contributed by atoms with Crippen LogP contribution in [0.25, 0.3) is 55.8 Å². The highest BCUT2D eigenvalue weighted by atomic mass is 19.1. The summed E-state index contributed by atoms with van der Waals surface area (Å²) in [6, 6.07) is 8.23. The fraction of sp³-hybridized carbons (Fsp3) is 0.0800. The van der Waals surface area contributed by atoms with Crippen LogP contribution < -0.4 is 4.90 Å². The fourth-order valence-corrected chi connectivity index (χ4v) is 4.07. The molecule has 8 nitrogen and oxygen atoms in total. The van der Waals surface area contributed by atoms with Gasteiger partial charge in [0.05, 0.1) is 40.7 Å². The molecule has 0 aliphatic heterocycles. The molecule has 10 heteroatoms. The van der Waals surface area contributed by atoms with E-state index in [0.717, 1.165) is 5.69 Å². The van der Waals surface area contributed by atoms with Gasteiger partial charge < -0.3 is 9.88 Å². The first kappa shape index (κ1) is 20.8. The molecule has 0 fully saturated rings. The quantitative estimate of drug-likeness (QED) is 0.379. The molecule has 5 heterocycles. The summed E-state index contributed by atoms with van der Waals surface area (Å²) in [6.45, 7) is 0. The van der Waals surface area contributed by atoms with Crippen molar-refractivity contribution < 1.29 is 8.78 Å². The van der Waals surface area contributed by atoms with Crippen molar-refractivity contribution in [3.63, 3.8) is 0 Å². The van der Waals surface area contributed by atoms with Gasteiger partial charge in [-0.25, -0.2) is 13.8 Å². The summed E-state index contributed by atoms with van der Waals surface area (Å²) in [5, 5.41) is 7.37.